The van der Waals surface area contributed by atoms with Crippen molar-refractivity contribution >= 4 is 11.0 Å². The minimum absolute atomic E-state index is 0.477. The molecule has 2 rings (SSSR count). The van der Waals surface area contributed by atoms with E-state index in [1.54, 1.807) is 13.4 Å². The van der Waals surface area contributed by atoms with Gasteiger partial charge in [0.1, 0.15) is 11.3 Å². The maximum absolute atomic E-state index is 5.64. The fourth-order valence-corrected chi connectivity index (χ4v) is 1.77. The fourth-order valence-electron chi connectivity index (χ4n) is 1.77. The summed E-state index contributed by atoms with van der Waals surface area (Å²) in [5.74, 6) is 0.829. The van der Waals surface area contributed by atoms with Gasteiger partial charge in [0.15, 0.2) is 0 Å². The minimum atomic E-state index is 0.477. The van der Waals surface area contributed by atoms with Gasteiger partial charge in [0.25, 0.3) is 0 Å². The van der Waals surface area contributed by atoms with E-state index >= 15 is 0 Å². The summed E-state index contributed by atoms with van der Waals surface area (Å²) in [6.45, 7) is 2.45. The summed E-state index contributed by atoms with van der Waals surface area (Å²) in [6, 6.07) is 3.94. The molecule has 74 valence electrons. The normalized spacial score (nSPS) is 10.8. The molecule has 0 bridgehead atoms. The summed E-state index contributed by atoms with van der Waals surface area (Å²) in [6.07, 6.45) is 1.68. The molecule has 0 atom stereocenters. The molecule has 2 N–H and O–H groups in total. The molecule has 0 aliphatic carbocycles. The number of methoxy groups -OCH3 is 1. The average Bonchev–Trinajstić information content (AvgIpc) is 2.65. The summed E-state index contributed by atoms with van der Waals surface area (Å²) < 4.78 is 10.7. The number of rotatable bonds is 2. The topological polar surface area (TPSA) is 48.4 Å². The highest BCUT2D eigenvalue weighted by Gasteiger charge is 2.11. The second-order valence-electron chi connectivity index (χ2n) is 3.24. The monoisotopic (exact) mass is 191 g/mol. The predicted octanol–water partition coefficient (Wildman–Crippen LogP) is 2.21. The molecule has 0 radical (unpaired) electrons. The third-order valence-electron chi connectivity index (χ3n) is 2.42. The molecule has 0 spiro atoms. The number of ether oxygens (including phenoxy) is 1. The first-order valence-corrected chi connectivity index (χ1v) is 4.51. The zero-order valence-electron chi connectivity index (χ0n) is 8.33. The molecule has 0 aliphatic heterocycles. The largest absolute Gasteiger partial charge is 0.496 e. The first-order chi connectivity index (χ1) is 6.77. The lowest BCUT2D eigenvalue weighted by atomic mass is 10.1. The van der Waals surface area contributed by atoms with Crippen LogP contribution in [0.25, 0.3) is 11.0 Å². The van der Waals surface area contributed by atoms with E-state index in [9.17, 15) is 0 Å². The number of hydrogen-bond donors (Lipinski definition) is 1. The summed E-state index contributed by atoms with van der Waals surface area (Å²) in [4.78, 5) is 0. The number of benzene rings is 1. The van der Waals surface area contributed by atoms with Crippen LogP contribution in [-0.2, 0) is 6.54 Å². The van der Waals surface area contributed by atoms with Crippen LogP contribution >= 0.6 is 0 Å². The molecule has 2 aromatic rings. The van der Waals surface area contributed by atoms with Gasteiger partial charge in [-0.05, 0) is 19.1 Å². The van der Waals surface area contributed by atoms with Crippen LogP contribution < -0.4 is 10.5 Å². The van der Waals surface area contributed by atoms with Crippen LogP contribution in [0.1, 0.15) is 11.1 Å². The van der Waals surface area contributed by atoms with Crippen LogP contribution in [-0.4, -0.2) is 7.11 Å². The van der Waals surface area contributed by atoms with Gasteiger partial charge in [-0.2, -0.15) is 0 Å². The SMILES string of the molecule is COc1c(CN)cc2ccoc2c1C. The van der Waals surface area contributed by atoms with Gasteiger partial charge in [-0.1, -0.05) is 0 Å². The number of nitrogens with two attached hydrogens (primary N) is 1. The van der Waals surface area contributed by atoms with Gasteiger partial charge in [0.2, 0.25) is 0 Å². The molecular weight excluding hydrogens is 178 g/mol. The van der Waals surface area contributed by atoms with Gasteiger partial charge >= 0.3 is 0 Å². The van der Waals surface area contributed by atoms with E-state index < -0.39 is 0 Å². The van der Waals surface area contributed by atoms with Gasteiger partial charge in [0.05, 0.1) is 13.4 Å². The van der Waals surface area contributed by atoms with Crippen LogP contribution in [0.5, 0.6) is 5.75 Å². The Morgan fingerprint density at radius 3 is 2.93 bits per heavy atom. The van der Waals surface area contributed by atoms with Gasteiger partial charge in [-0.3, -0.25) is 0 Å². The van der Waals surface area contributed by atoms with E-state index in [-0.39, 0.29) is 0 Å². The van der Waals surface area contributed by atoms with E-state index in [0.29, 0.717) is 6.54 Å². The summed E-state index contributed by atoms with van der Waals surface area (Å²) >= 11 is 0. The fraction of sp³-hybridized carbons (Fsp3) is 0.273. The van der Waals surface area contributed by atoms with E-state index in [2.05, 4.69) is 0 Å². The lowest BCUT2D eigenvalue weighted by Crippen LogP contribution is -2.01. The maximum atomic E-state index is 5.64. The molecule has 14 heavy (non-hydrogen) atoms. The van der Waals surface area contributed by atoms with Crippen LogP contribution in [0.3, 0.4) is 0 Å². The second-order valence-corrected chi connectivity index (χ2v) is 3.24. The molecule has 0 saturated carbocycles. The minimum Gasteiger partial charge on any atom is -0.496 e. The number of fused-ring (bicyclic) bond motifs is 1. The van der Waals surface area contributed by atoms with Crippen LogP contribution in [0.15, 0.2) is 22.8 Å². The van der Waals surface area contributed by atoms with Gasteiger partial charge in [-0.25, -0.2) is 0 Å². The third kappa shape index (κ3) is 1.17. The highest BCUT2D eigenvalue weighted by molar-refractivity contribution is 5.83. The Bertz CT molecular complexity index is 460. The Labute approximate surface area is 82.5 Å². The molecule has 3 nitrogen and oxygen atoms in total. The summed E-state index contributed by atoms with van der Waals surface area (Å²) in [5, 5.41) is 1.07. The van der Waals surface area contributed by atoms with E-state index in [1.165, 1.54) is 0 Å². The Morgan fingerprint density at radius 2 is 2.29 bits per heavy atom. The number of aryl methyl sites for hydroxylation is 1. The van der Waals surface area contributed by atoms with Gasteiger partial charge in [0, 0.05) is 23.1 Å². The molecule has 0 amide bonds. The first kappa shape index (κ1) is 9.09. The lowest BCUT2D eigenvalue weighted by molar-refractivity contribution is 0.406. The first-order valence-electron chi connectivity index (χ1n) is 4.51. The van der Waals surface area contributed by atoms with Crippen molar-refractivity contribution in [3.63, 3.8) is 0 Å². The predicted molar refractivity (Wildman–Crippen MR) is 55.4 cm³/mol. The second kappa shape index (κ2) is 3.35. The van der Waals surface area contributed by atoms with E-state index in [1.807, 2.05) is 19.1 Å². The molecule has 1 aromatic carbocycles. The molecule has 0 aliphatic rings. The molecule has 0 saturated heterocycles. The molecule has 1 aromatic heterocycles. The van der Waals surface area contributed by atoms with Crippen molar-refractivity contribution in [2.45, 2.75) is 13.5 Å². The van der Waals surface area contributed by atoms with Crippen molar-refractivity contribution < 1.29 is 9.15 Å². The molecule has 0 fully saturated rings. The van der Waals surface area contributed by atoms with Gasteiger partial charge in [-0.15, -0.1) is 0 Å². The Kier molecular flexibility index (Phi) is 2.17. The zero-order chi connectivity index (χ0) is 10.1. The van der Waals surface area contributed by atoms with Crippen LogP contribution in [0.4, 0.5) is 0 Å². The average molecular weight is 191 g/mol. The van der Waals surface area contributed by atoms with Crippen molar-refractivity contribution in [3.05, 3.63) is 29.5 Å². The molecular formula is C11H13NO2. The Hall–Kier alpha value is -1.48. The van der Waals surface area contributed by atoms with Crippen molar-refractivity contribution in [2.24, 2.45) is 5.73 Å². The molecule has 0 unspecified atom stereocenters. The van der Waals surface area contributed by atoms with Crippen molar-refractivity contribution in [1.29, 1.82) is 0 Å². The smallest absolute Gasteiger partial charge is 0.140 e. The standard InChI is InChI=1S/C11H13NO2/c1-7-10(13-2)9(6-12)5-8-3-4-14-11(7)8/h3-5H,6,12H2,1-2H3. The summed E-state index contributed by atoms with van der Waals surface area (Å²) in [7, 11) is 1.65. The van der Waals surface area contributed by atoms with E-state index in [4.69, 9.17) is 14.9 Å². The third-order valence-corrected chi connectivity index (χ3v) is 2.42. The maximum Gasteiger partial charge on any atom is 0.140 e. The van der Waals surface area contributed by atoms with Gasteiger partial charge < -0.3 is 14.9 Å². The van der Waals surface area contributed by atoms with Crippen LogP contribution in [0.2, 0.25) is 0 Å². The quantitative estimate of drug-likeness (QED) is 0.791. The summed E-state index contributed by atoms with van der Waals surface area (Å²) in [5.41, 5.74) is 8.54. The van der Waals surface area contributed by atoms with Crippen LogP contribution in [0, 0.1) is 6.92 Å². The van der Waals surface area contributed by atoms with Crippen molar-refractivity contribution in [1.82, 2.24) is 0 Å². The highest BCUT2D eigenvalue weighted by Crippen LogP contribution is 2.31. The zero-order valence-corrected chi connectivity index (χ0v) is 8.33. The number of hydrogen-bond acceptors (Lipinski definition) is 3. The molecule has 3 heteroatoms. The molecule has 1 heterocycles. The Morgan fingerprint density at radius 1 is 1.50 bits per heavy atom. The Balaban J connectivity index is 2.79. The lowest BCUT2D eigenvalue weighted by Gasteiger charge is -2.09. The number of furan rings is 1. The van der Waals surface area contributed by atoms with Crippen molar-refractivity contribution in [2.75, 3.05) is 7.11 Å². The van der Waals surface area contributed by atoms with Crippen molar-refractivity contribution in [3.8, 4) is 5.75 Å². The van der Waals surface area contributed by atoms with E-state index in [0.717, 1.165) is 27.8 Å². The highest BCUT2D eigenvalue weighted by atomic mass is 16.5.